The predicted octanol–water partition coefficient (Wildman–Crippen LogP) is 1.55. The number of ketones is 1. The van der Waals surface area contributed by atoms with Crippen molar-refractivity contribution in [2.75, 3.05) is 0 Å². The summed E-state index contributed by atoms with van der Waals surface area (Å²) in [5, 5.41) is 0. The Labute approximate surface area is 72.6 Å². The maximum Gasteiger partial charge on any atom is 0.149 e. The summed E-state index contributed by atoms with van der Waals surface area (Å²) in [7, 11) is 0. The van der Waals surface area contributed by atoms with Gasteiger partial charge in [-0.1, -0.05) is 12.2 Å². The first kappa shape index (κ1) is 7.99. The minimum atomic E-state index is 0.0670. The predicted molar refractivity (Wildman–Crippen MR) is 45.8 cm³/mol. The van der Waals surface area contributed by atoms with Crippen LogP contribution in [0.3, 0.4) is 0 Å². The van der Waals surface area contributed by atoms with Gasteiger partial charge in [-0.25, -0.2) is 0 Å². The Morgan fingerprint density at radius 1 is 1.50 bits per heavy atom. The average molecular weight is 166 g/mol. The van der Waals surface area contributed by atoms with E-state index >= 15 is 0 Å². The lowest BCUT2D eigenvalue weighted by atomic mass is 10.0. The second kappa shape index (κ2) is 2.70. The molecule has 0 amide bonds. The van der Waals surface area contributed by atoms with Crippen molar-refractivity contribution < 1.29 is 9.53 Å². The molecule has 0 aromatic carbocycles. The molecular formula is C10H14O2. The topological polar surface area (TPSA) is 26.3 Å². The number of carbonyl (C=O) groups excluding carboxylic acids is 1. The highest BCUT2D eigenvalue weighted by molar-refractivity contribution is 5.92. The first-order chi connectivity index (χ1) is 5.68. The number of hydrogen-bond acceptors (Lipinski definition) is 2. The van der Waals surface area contributed by atoms with Crippen LogP contribution in [0.1, 0.15) is 20.3 Å². The van der Waals surface area contributed by atoms with Gasteiger partial charge in [0, 0.05) is 5.92 Å². The molecule has 0 radical (unpaired) electrons. The molecule has 2 nitrogen and oxygen atoms in total. The van der Waals surface area contributed by atoms with Crippen molar-refractivity contribution in [2.24, 2.45) is 11.8 Å². The van der Waals surface area contributed by atoms with Gasteiger partial charge >= 0.3 is 0 Å². The summed E-state index contributed by atoms with van der Waals surface area (Å²) in [6, 6.07) is 0. The molecule has 0 heterocycles. The van der Waals surface area contributed by atoms with Gasteiger partial charge in [0.05, 0.1) is 18.1 Å². The van der Waals surface area contributed by atoms with E-state index in [9.17, 15) is 4.79 Å². The summed E-state index contributed by atoms with van der Waals surface area (Å²) >= 11 is 0. The van der Waals surface area contributed by atoms with Gasteiger partial charge in [0.15, 0.2) is 0 Å². The highest BCUT2D eigenvalue weighted by atomic mass is 16.5. The van der Waals surface area contributed by atoms with Crippen LogP contribution in [0, 0.1) is 11.8 Å². The Bertz CT molecular complexity index is 230. The van der Waals surface area contributed by atoms with Crippen molar-refractivity contribution in [3.63, 3.8) is 0 Å². The van der Waals surface area contributed by atoms with E-state index in [1.54, 1.807) is 0 Å². The number of rotatable bonds is 2. The van der Waals surface area contributed by atoms with E-state index in [4.69, 9.17) is 4.74 Å². The molecule has 3 unspecified atom stereocenters. The van der Waals surface area contributed by atoms with Crippen LogP contribution in [0.5, 0.6) is 0 Å². The summed E-state index contributed by atoms with van der Waals surface area (Å²) in [5.74, 6) is 0.594. The molecule has 2 bridgehead atoms. The normalized spacial score (nSPS) is 38.6. The van der Waals surface area contributed by atoms with Gasteiger partial charge in [0.25, 0.3) is 0 Å². The summed E-state index contributed by atoms with van der Waals surface area (Å²) in [6.45, 7) is 4.03. The van der Waals surface area contributed by atoms with Gasteiger partial charge < -0.3 is 4.74 Å². The van der Waals surface area contributed by atoms with Crippen LogP contribution in [0.4, 0.5) is 0 Å². The van der Waals surface area contributed by atoms with E-state index in [0.717, 1.165) is 6.42 Å². The Hall–Kier alpha value is -0.630. The quantitative estimate of drug-likeness (QED) is 0.582. The first-order valence-electron chi connectivity index (χ1n) is 4.56. The zero-order valence-corrected chi connectivity index (χ0v) is 7.49. The van der Waals surface area contributed by atoms with E-state index in [-0.39, 0.29) is 24.0 Å². The zero-order chi connectivity index (χ0) is 8.72. The van der Waals surface area contributed by atoms with Gasteiger partial charge in [-0.15, -0.1) is 0 Å². The number of fused-ring (bicyclic) bond motifs is 2. The molecule has 0 aromatic heterocycles. The van der Waals surface area contributed by atoms with E-state index in [2.05, 4.69) is 0 Å². The standard InChI is InChI=1S/C10H14O2/c1-6(2)12-9-5-7-3-4-8(9)10(7)11/h3-4,6-9H,5H2,1-2H3. The fraction of sp³-hybridized carbons (Fsp3) is 0.700. The molecule has 2 rings (SSSR count). The van der Waals surface area contributed by atoms with Crippen LogP contribution in [0.2, 0.25) is 0 Å². The van der Waals surface area contributed by atoms with Crippen molar-refractivity contribution in [2.45, 2.75) is 32.5 Å². The molecule has 2 aliphatic rings. The van der Waals surface area contributed by atoms with Gasteiger partial charge in [-0.05, 0) is 20.3 Å². The van der Waals surface area contributed by atoms with Crippen LogP contribution < -0.4 is 0 Å². The van der Waals surface area contributed by atoms with E-state index < -0.39 is 0 Å². The second-order valence-electron chi connectivity index (χ2n) is 3.88. The lowest BCUT2D eigenvalue weighted by molar-refractivity contribution is -0.122. The van der Waals surface area contributed by atoms with Crippen LogP contribution in [0.15, 0.2) is 12.2 Å². The number of hydrogen-bond donors (Lipinski definition) is 0. The molecular weight excluding hydrogens is 152 g/mol. The Morgan fingerprint density at radius 3 is 2.67 bits per heavy atom. The van der Waals surface area contributed by atoms with Gasteiger partial charge in [0.1, 0.15) is 5.78 Å². The smallest absolute Gasteiger partial charge is 0.149 e. The van der Waals surface area contributed by atoms with Crippen molar-refractivity contribution >= 4 is 5.78 Å². The number of carbonyl (C=O) groups is 1. The largest absolute Gasteiger partial charge is 0.374 e. The molecule has 0 N–H and O–H groups in total. The first-order valence-corrected chi connectivity index (χ1v) is 4.56. The molecule has 1 saturated carbocycles. The third kappa shape index (κ3) is 1.11. The summed E-state index contributed by atoms with van der Waals surface area (Å²) < 4.78 is 5.64. The SMILES string of the molecule is CC(C)OC1CC2C=CC1C2=O. The molecule has 2 aliphatic carbocycles. The molecule has 0 aliphatic heterocycles. The molecule has 0 saturated heterocycles. The monoisotopic (exact) mass is 166 g/mol. The molecule has 1 fully saturated rings. The van der Waals surface area contributed by atoms with E-state index in [0.29, 0.717) is 5.78 Å². The third-order valence-corrected chi connectivity index (χ3v) is 2.58. The number of ether oxygens (including phenoxy) is 1. The molecule has 0 spiro atoms. The van der Waals surface area contributed by atoms with Crippen LogP contribution in [0.25, 0.3) is 0 Å². The average Bonchev–Trinajstić information content (AvgIpc) is 2.44. The fourth-order valence-corrected chi connectivity index (χ4v) is 2.08. The van der Waals surface area contributed by atoms with Gasteiger partial charge in [-0.3, -0.25) is 4.79 Å². The third-order valence-electron chi connectivity index (χ3n) is 2.58. The number of Topliss-reactive ketones (excluding diaryl/α,β-unsaturated/α-hetero) is 1. The molecule has 2 heteroatoms. The summed E-state index contributed by atoms with van der Waals surface area (Å²) in [4.78, 5) is 11.4. The minimum Gasteiger partial charge on any atom is -0.374 e. The maximum absolute atomic E-state index is 11.4. The lowest BCUT2D eigenvalue weighted by Crippen LogP contribution is -2.23. The number of allylic oxidation sites excluding steroid dienone is 1. The van der Waals surface area contributed by atoms with Gasteiger partial charge in [-0.2, -0.15) is 0 Å². The second-order valence-corrected chi connectivity index (χ2v) is 3.88. The van der Waals surface area contributed by atoms with E-state index in [1.165, 1.54) is 0 Å². The molecule has 0 aromatic rings. The van der Waals surface area contributed by atoms with Crippen molar-refractivity contribution in [3.05, 3.63) is 12.2 Å². The van der Waals surface area contributed by atoms with Crippen molar-refractivity contribution in [1.82, 2.24) is 0 Å². The zero-order valence-electron chi connectivity index (χ0n) is 7.49. The Morgan fingerprint density at radius 2 is 2.25 bits per heavy atom. The van der Waals surface area contributed by atoms with Crippen LogP contribution in [-0.4, -0.2) is 18.0 Å². The highest BCUT2D eigenvalue weighted by Gasteiger charge is 2.44. The summed E-state index contributed by atoms with van der Waals surface area (Å²) in [6.07, 6.45) is 5.32. The lowest BCUT2D eigenvalue weighted by Gasteiger charge is -2.19. The van der Waals surface area contributed by atoms with Crippen molar-refractivity contribution in [3.8, 4) is 0 Å². The van der Waals surface area contributed by atoms with E-state index in [1.807, 2.05) is 26.0 Å². The summed E-state index contributed by atoms with van der Waals surface area (Å²) in [5.41, 5.74) is 0. The van der Waals surface area contributed by atoms with Crippen LogP contribution in [-0.2, 0) is 9.53 Å². The molecule has 12 heavy (non-hydrogen) atoms. The highest BCUT2D eigenvalue weighted by Crippen LogP contribution is 2.38. The fourth-order valence-electron chi connectivity index (χ4n) is 2.08. The van der Waals surface area contributed by atoms with Gasteiger partial charge in [0.2, 0.25) is 0 Å². The minimum absolute atomic E-state index is 0.0670. The van der Waals surface area contributed by atoms with Crippen LogP contribution >= 0.6 is 0 Å². The molecule has 66 valence electrons. The molecule has 3 atom stereocenters. The van der Waals surface area contributed by atoms with Crippen molar-refractivity contribution in [1.29, 1.82) is 0 Å². The Kier molecular flexibility index (Phi) is 1.80. The Balaban J connectivity index is 2.04. The maximum atomic E-state index is 11.4.